The number of hydrogen-bond acceptors (Lipinski definition) is 3. The zero-order valence-corrected chi connectivity index (χ0v) is 10.4. The molecule has 17 heavy (non-hydrogen) atoms. The first-order valence-electron chi connectivity index (χ1n) is 5.94. The van der Waals surface area contributed by atoms with Crippen LogP contribution in [0.15, 0.2) is 18.2 Å². The Labute approximate surface area is 107 Å². The van der Waals surface area contributed by atoms with E-state index in [1.165, 1.54) is 6.42 Å². The van der Waals surface area contributed by atoms with Crippen molar-refractivity contribution < 1.29 is 0 Å². The first-order valence-corrected chi connectivity index (χ1v) is 6.32. The van der Waals surface area contributed by atoms with Crippen LogP contribution in [0.3, 0.4) is 0 Å². The first-order chi connectivity index (χ1) is 8.31. The van der Waals surface area contributed by atoms with E-state index in [0.717, 1.165) is 37.7 Å². The van der Waals surface area contributed by atoms with Crippen LogP contribution in [-0.2, 0) is 0 Å². The van der Waals surface area contributed by atoms with E-state index in [2.05, 4.69) is 16.7 Å². The van der Waals surface area contributed by atoms with Gasteiger partial charge >= 0.3 is 0 Å². The number of anilines is 1. The Kier molecular flexibility index (Phi) is 4.24. The number of nitrogens with zero attached hydrogens (tertiary/aromatic N) is 1. The molecule has 3 nitrogen and oxygen atoms in total. The molecule has 90 valence electrons. The van der Waals surface area contributed by atoms with Crippen molar-refractivity contribution in [3.8, 4) is 6.07 Å². The summed E-state index contributed by atoms with van der Waals surface area (Å²) in [6, 6.07) is 7.64. The molecular formula is C13H16ClN3. The lowest BCUT2D eigenvalue weighted by Crippen LogP contribution is -2.13. The zero-order valence-electron chi connectivity index (χ0n) is 9.67. The molecule has 1 aliphatic heterocycles. The molecule has 0 saturated carbocycles. The lowest BCUT2D eigenvalue weighted by atomic mass is 10.1. The monoisotopic (exact) mass is 249 g/mol. The minimum atomic E-state index is 0.514. The van der Waals surface area contributed by atoms with Crippen molar-refractivity contribution in [2.45, 2.75) is 12.8 Å². The van der Waals surface area contributed by atoms with E-state index in [-0.39, 0.29) is 0 Å². The largest absolute Gasteiger partial charge is 0.384 e. The molecule has 1 aromatic carbocycles. The molecule has 2 N–H and O–H groups in total. The van der Waals surface area contributed by atoms with Gasteiger partial charge < -0.3 is 10.6 Å². The summed E-state index contributed by atoms with van der Waals surface area (Å²) in [5, 5.41) is 16.2. The lowest BCUT2D eigenvalue weighted by molar-refractivity contribution is 0.549. The van der Waals surface area contributed by atoms with Gasteiger partial charge in [-0.3, -0.25) is 0 Å². The molecule has 1 atom stereocenters. The van der Waals surface area contributed by atoms with Crippen LogP contribution in [0.5, 0.6) is 0 Å². The van der Waals surface area contributed by atoms with Crippen LogP contribution < -0.4 is 10.6 Å². The molecule has 0 amide bonds. The Morgan fingerprint density at radius 2 is 2.41 bits per heavy atom. The van der Waals surface area contributed by atoms with Gasteiger partial charge in [0.1, 0.15) is 6.07 Å². The van der Waals surface area contributed by atoms with E-state index in [1.807, 2.05) is 12.1 Å². The second kappa shape index (κ2) is 5.90. The predicted octanol–water partition coefficient (Wildman–Crippen LogP) is 2.62. The Morgan fingerprint density at radius 1 is 1.53 bits per heavy atom. The molecule has 4 heteroatoms. The van der Waals surface area contributed by atoms with Crippen molar-refractivity contribution in [3.05, 3.63) is 28.8 Å². The maximum atomic E-state index is 9.03. The molecule has 2 rings (SSSR count). The lowest BCUT2D eigenvalue weighted by Gasteiger charge is -2.11. The second-order valence-corrected chi connectivity index (χ2v) is 4.76. The zero-order chi connectivity index (χ0) is 12.1. The summed E-state index contributed by atoms with van der Waals surface area (Å²) >= 11 is 5.96. The van der Waals surface area contributed by atoms with Crippen LogP contribution >= 0.6 is 11.6 Å². The summed E-state index contributed by atoms with van der Waals surface area (Å²) in [6.45, 7) is 3.13. The Bertz CT molecular complexity index is 419. The van der Waals surface area contributed by atoms with Crippen molar-refractivity contribution in [3.63, 3.8) is 0 Å². The Morgan fingerprint density at radius 3 is 3.12 bits per heavy atom. The molecule has 0 aliphatic carbocycles. The normalized spacial score (nSPS) is 18.9. The average Bonchev–Trinajstić information content (AvgIpc) is 2.82. The molecule has 1 saturated heterocycles. The number of hydrogen-bond donors (Lipinski definition) is 2. The van der Waals surface area contributed by atoms with E-state index >= 15 is 0 Å². The van der Waals surface area contributed by atoms with E-state index in [1.54, 1.807) is 6.07 Å². The van der Waals surface area contributed by atoms with Crippen molar-refractivity contribution in [1.82, 2.24) is 5.32 Å². The third-order valence-electron chi connectivity index (χ3n) is 3.16. The van der Waals surface area contributed by atoms with Gasteiger partial charge in [-0.05, 0) is 44.0 Å². The predicted molar refractivity (Wildman–Crippen MR) is 70.3 cm³/mol. The molecule has 1 aromatic rings. The van der Waals surface area contributed by atoms with Gasteiger partial charge in [0.15, 0.2) is 0 Å². The topological polar surface area (TPSA) is 47.9 Å². The van der Waals surface area contributed by atoms with Gasteiger partial charge in [0.05, 0.1) is 16.3 Å². The van der Waals surface area contributed by atoms with Gasteiger partial charge in [0.2, 0.25) is 0 Å². The van der Waals surface area contributed by atoms with Gasteiger partial charge in [0.25, 0.3) is 0 Å². The molecule has 1 unspecified atom stereocenters. The molecule has 1 fully saturated rings. The molecule has 1 heterocycles. The first kappa shape index (κ1) is 12.2. The van der Waals surface area contributed by atoms with Crippen LogP contribution in [0.2, 0.25) is 5.02 Å². The number of halogens is 1. The van der Waals surface area contributed by atoms with Crippen molar-refractivity contribution in [1.29, 1.82) is 5.26 Å². The second-order valence-electron chi connectivity index (χ2n) is 4.35. The fourth-order valence-electron chi connectivity index (χ4n) is 2.16. The van der Waals surface area contributed by atoms with Crippen molar-refractivity contribution in [2.24, 2.45) is 5.92 Å². The summed E-state index contributed by atoms with van der Waals surface area (Å²) in [6.07, 6.45) is 2.38. The van der Waals surface area contributed by atoms with Gasteiger partial charge in [-0.15, -0.1) is 0 Å². The standard InChI is InChI=1S/C13H16ClN3/c14-12-2-1-3-13(11(12)8-15)17-7-5-10-4-6-16-9-10/h1-3,10,16-17H,4-7,9H2. The van der Waals surface area contributed by atoms with Gasteiger partial charge in [-0.2, -0.15) is 5.26 Å². The van der Waals surface area contributed by atoms with Crippen molar-refractivity contribution >= 4 is 17.3 Å². The molecule has 0 radical (unpaired) electrons. The molecule has 0 bridgehead atoms. The third-order valence-corrected chi connectivity index (χ3v) is 3.47. The van der Waals surface area contributed by atoms with Crippen LogP contribution in [0.1, 0.15) is 18.4 Å². The molecule has 1 aliphatic rings. The van der Waals surface area contributed by atoms with E-state index in [4.69, 9.17) is 16.9 Å². The maximum absolute atomic E-state index is 9.03. The molecule has 0 spiro atoms. The highest BCUT2D eigenvalue weighted by atomic mass is 35.5. The van der Waals surface area contributed by atoms with E-state index in [0.29, 0.717) is 10.6 Å². The van der Waals surface area contributed by atoms with Gasteiger partial charge in [0, 0.05) is 6.54 Å². The van der Waals surface area contributed by atoms with Crippen LogP contribution in [0, 0.1) is 17.2 Å². The quantitative estimate of drug-likeness (QED) is 0.863. The van der Waals surface area contributed by atoms with Crippen molar-refractivity contribution in [2.75, 3.05) is 25.0 Å². The third kappa shape index (κ3) is 3.12. The highest BCUT2D eigenvalue weighted by Gasteiger charge is 2.14. The van der Waals surface area contributed by atoms with E-state index < -0.39 is 0 Å². The minimum absolute atomic E-state index is 0.514. The summed E-state index contributed by atoms with van der Waals surface area (Å²) < 4.78 is 0. The SMILES string of the molecule is N#Cc1c(Cl)cccc1NCCC1CCNC1. The average molecular weight is 250 g/mol. The van der Waals surface area contributed by atoms with Gasteiger partial charge in [-0.1, -0.05) is 17.7 Å². The fraction of sp³-hybridized carbons (Fsp3) is 0.462. The fourth-order valence-corrected chi connectivity index (χ4v) is 2.37. The Balaban J connectivity index is 1.90. The Hall–Kier alpha value is -1.24. The van der Waals surface area contributed by atoms with Crippen LogP contribution in [0.4, 0.5) is 5.69 Å². The van der Waals surface area contributed by atoms with Crippen LogP contribution in [-0.4, -0.2) is 19.6 Å². The summed E-state index contributed by atoms with van der Waals surface area (Å²) in [5.74, 6) is 0.757. The summed E-state index contributed by atoms with van der Waals surface area (Å²) in [4.78, 5) is 0. The number of rotatable bonds is 4. The van der Waals surface area contributed by atoms with Gasteiger partial charge in [-0.25, -0.2) is 0 Å². The smallest absolute Gasteiger partial charge is 0.103 e. The molecular weight excluding hydrogens is 234 g/mol. The summed E-state index contributed by atoms with van der Waals surface area (Å²) in [5.41, 5.74) is 1.38. The number of nitriles is 1. The minimum Gasteiger partial charge on any atom is -0.384 e. The number of benzene rings is 1. The summed E-state index contributed by atoms with van der Waals surface area (Å²) in [7, 11) is 0. The molecule has 0 aromatic heterocycles. The number of nitrogens with one attached hydrogen (secondary N) is 2. The van der Waals surface area contributed by atoms with Crippen LogP contribution in [0.25, 0.3) is 0 Å². The maximum Gasteiger partial charge on any atom is 0.103 e. The highest BCUT2D eigenvalue weighted by Crippen LogP contribution is 2.23. The highest BCUT2D eigenvalue weighted by molar-refractivity contribution is 6.32. The van der Waals surface area contributed by atoms with E-state index in [9.17, 15) is 0 Å².